The first-order chi connectivity index (χ1) is 7.83. The molecule has 0 fully saturated rings. The summed E-state index contributed by atoms with van der Waals surface area (Å²) in [5.74, 6) is -0.195. The number of thiazole rings is 1. The first-order valence-corrected chi connectivity index (χ1v) is 5.89. The number of benzene rings is 1. The van der Waals surface area contributed by atoms with Crippen molar-refractivity contribution in [2.75, 3.05) is 0 Å². The van der Waals surface area contributed by atoms with Crippen LogP contribution in [0.15, 0.2) is 41.4 Å². The van der Waals surface area contributed by atoms with Crippen molar-refractivity contribution in [3.05, 3.63) is 52.9 Å². The van der Waals surface area contributed by atoms with Crippen molar-refractivity contribution in [3.8, 4) is 0 Å². The number of halogens is 1. The summed E-state index contributed by atoms with van der Waals surface area (Å²) in [5, 5.41) is 2.95. The van der Waals surface area contributed by atoms with E-state index in [9.17, 15) is 4.39 Å². The van der Waals surface area contributed by atoms with Gasteiger partial charge < -0.3 is 4.57 Å². The van der Waals surface area contributed by atoms with Crippen molar-refractivity contribution in [2.45, 2.75) is 6.54 Å². The standard InChI is InChI=1S/C12H9FN2S/c13-10-1-2-12-9(5-10)3-4-15(12)6-11-7-16-8-14-11/h1-5,7-8H,6H2. The topological polar surface area (TPSA) is 17.8 Å². The van der Waals surface area contributed by atoms with E-state index in [4.69, 9.17) is 0 Å². The fourth-order valence-corrected chi connectivity index (χ4v) is 2.35. The highest BCUT2D eigenvalue weighted by molar-refractivity contribution is 7.07. The number of hydrogen-bond donors (Lipinski definition) is 0. The molecule has 0 aliphatic heterocycles. The lowest BCUT2D eigenvalue weighted by Crippen LogP contribution is -1.97. The third-order valence-corrected chi connectivity index (χ3v) is 3.18. The van der Waals surface area contributed by atoms with Gasteiger partial charge in [0.1, 0.15) is 5.82 Å². The number of aromatic nitrogens is 2. The van der Waals surface area contributed by atoms with Gasteiger partial charge in [-0.1, -0.05) is 0 Å². The van der Waals surface area contributed by atoms with Gasteiger partial charge in [0, 0.05) is 22.5 Å². The fraction of sp³-hybridized carbons (Fsp3) is 0.0833. The fourth-order valence-electron chi connectivity index (χ4n) is 1.80. The van der Waals surface area contributed by atoms with Crippen LogP contribution in [0.2, 0.25) is 0 Å². The van der Waals surface area contributed by atoms with Crippen molar-refractivity contribution >= 4 is 22.2 Å². The molecule has 80 valence electrons. The Hall–Kier alpha value is -1.68. The minimum absolute atomic E-state index is 0.195. The van der Waals surface area contributed by atoms with Gasteiger partial charge >= 0.3 is 0 Å². The third-order valence-electron chi connectivity index (χ3n) is 2.55. The van der Waals surface area contributed by atoms with Gasteiger partial charge in [-0.3, -0.25) is 0 Å². The van der Waals surface area contributed by atoms with Gasteiger partial charge in [0.2, 0.25) is 0 Å². The molecule has 0 unspecified atom stereocenters. The van der Waals surface area contributed by atoms with Crippen molar-refractivity contribution in [3.63, 3.8) is 0 Å². The lowest BCUT2D eigenvalue weighted by Gasteiger charge is -2.02. The summed E-state index contributed by atoms with van der Waals surface area (Å²) in [7, 11) is 0. The molecule has 0 saturated carbocycles. The number of rotatable bonds is 2. The Morgan fingerprint density at radius 1 is 1.31 bits per heavy atom. The van der Waals surface area contributed by atoms with E-state index in [0.29, 0.717) is 0 Å². The summed E-state index contributed by atoms with van der Waals surface area (Å²) in [6, 6.07) is 6.76. The Kier molecular flexibility index (Phi) is 2.22. The largest absolute Gasteiger partial charge is 0.341 e. The molecule has 3 aromatic rings. The first-order valence-electron chi connectivity index (χ1n) is 4.94. The Morgan fingerprint density at radius 3 is 3.06 bits per heavy atom. The maximum atomic E-state index is 13.0. The van der Waals surface area contributed by atoms with Crippen LogP contribution < -0.4 is 0 Å². The quantitative estimate of drug-likeness (QED) is 0.663. The monoisotopic (exact) mass is 232 g/mol. The molecule has 2 heterocycles. The van der Waals surface area contributed by atoms with Crippen LogP contribution in [-0.2, 0) is 6.54 Å². The van der Waals surface area contributed by atoms with E-state index < -0.39 is 0 Å². The molecule has 0 aliphatic carbocycles. The predicted octanol–water partition coefficient (Wildman–Crippen LogP) is 3.29. The predicted molar refractivity (Wildman–Crippen MR) is 63.1 cm³/mol. The van der Waals surface area contributed by atoms with E-state index in [1.54, 1.807) is 23.5 Å². The highest BCUT2D eigenvalue weighted by atomic mass is 32.1. The molecule has 0 aliphatic rings. The zero-order chi connectivity index (χ0) is 11.0. The van der Waals surface area contributed by atoms with Gasteiger partial charge in [-0.2, -0.15) is 0 Å². The van der Waals surface area contributed by atoms with E-state index in [1.807, 2.05) is 23.2 Å². The average molecular weight is 232 g/mol. The lowest BCUT2D eigenvalue weighted by molar-refractivity contribution is 0.629. The van der Waals surface area contributed by atoms with Crippen LogP contribution in [0.25, 0.3) is 10.9 Å². The molecule has 2 aromatic heterocycles. The SMILES string of the molecule is Fc1ccc2c(ccn2Cc2cscn2)c1. The van der Waals surface area contributed by atoms with Crippen molar-refractivity contribution in [1.29, 1.82) is 0 Å². The lowest BCUT2D eigenvalue weighted by atomic mass is 10.2. The summed E-state index contributed by atoms with van der Waals surface area (Å²) in [6.07, 6.45) is 1.96. The van der Waals surface area contributed by atoms with Crippen LogP contribution in [0.3, 0.4) is 0 Å². The zero-order valence-electron chi connectivity index (χ0n) is 8.43. The second-order valence-electron chi connectivity index (χ2n) is 3.63. The molecule has 0 radical (unpaired) electrons. The van der Waals surface area contributed by atoms with Crippen LogP contribution in [0.4, 0.5) is 4.39 Å². The molecular formula is C12H9FN2S. The van der Waals surface area contributed by atoms with E-state index in [1.165, 1.54) is 6.07 Å². The maximum absolute atomic E-state index is 13.0. The molecule has 16 heavy (non-hydrogen) atoms. The minimum Gasteiger partial charge on any atom is -0.341 e. The summed E-state index contributed by atoms with van der Waals surface area (Å²) in [6.45, 7) is 0.735. The minimum atomic E-state index is -0.195. The van der Waals surface area contributed by atoms with Crippen LogP contribution in [-0.4, -0.2) is 9.55 Å². The second kappa shape index (κ2) is 3.72. The van der Waals surface area contributed by atoms with Gasteiger partial charge in [-0.25, -0.2) is 9.37 Å². The molecule has 3 rings (SSSR count). The second-order valence-corrected chi connectivity index (χ2v) is 4.35. The van der Waals surface area contributed by atoms with E-state index in [0.717, 1.165) is 23.1 Å². The molecule has 0 N–H and O–H groups in total. The first kappa shape index (κ1) is 9.54. The molecule has 4 heteroatoms. The van der Waals surface area contributed by atoms with Crippen molar-refractivity contribution in [2.24, 2.45) is 0 Å². The van der Waals surface area contributed by atoms with Crippen molar-refractivity contribution in [1.82, 2.24) is 9.55 Å². The Labute approximate surface area is 96.0 Å². The smallest absolute Gasteiger partial charge is 0.123 e. The average Bonchev–Trinajstić information content (AvgIpc) is 2.89. The third kappa shape index (κ3) is 1.61. The highest BCUT2D eigenvalue weighted by Gasteiger charge is 2.03. The van der Waals surface area contributed by atoms with Gasteiger partial charge in [0.05, 0.1) is 17.7 Å². The van der Waals surface area contributed by atoms with E-state index in [-0.39, 0.29) is 5.82 Å². The molecule has 0 spiro atoms. The highest BCUT2D eigenvalue weighted by Crippen LogP contribution is 2.18. The summed E-state index contributed by atoms with van der Waals surface area (Å²) in [4.78, 5) is 4.24. The normalized spacial score (nSPS) is 11.1. The number of hydrogen-bond acceptors (Lipinski definition) is 2. The molecule has 0 saturated heterocycles. The molecule has 1 aromatic carbocycles. The number of nitrogens with zero attached hydrogens (tertiary/aromatic N) is 2. The van der Waals surface area contributed by atoms with Gasteiger partial charge in [0.15, 0.2) is 0 Å². The Morgan fingerprint density at radius 2 is 2.25 bits per heavy atom. The summed E-state index contributed by atoms with van der Waals surface area (Å²) in [5.41, 5.74) is 3.89. The van der Waals surface area contributed by atoms with Gasteiger partial charge in [-0.15, -0.1) is 11.3 Å². The van der Waals surface area contributed by atoms with E-state index in [2.05, 4.69) is 9.55 Å². The summed E-state index contributed by atoms with van der Waals surface area (Å²) < 4.78 is 15.1. The Bertz CT molecular complexity index is 613. The zero-order valence-corrected chi connectivity index (χ0v) is 9.25. The molecule has 0 bridgehead atoms. The van der Waals surface area contributed by atoms with Crippen LogP contribution in [0.1, 0.15) is 5.69 Å². The number of fused-ring (bicyclic) bond motifs is 1. The maximum Gasteiger partial charge on any atom is 0.123 e. The van der Waals surface area contributed by atoms with E-state index >= 15 is 0 Å². The molecule has 2 nitrogen and oxygen atoms in total. The van der Waals surface area contributed by atoms with Crippen molar-refractivity contribution < 1.29 is 4.39 Å². The van der Waals surface area contributed by atoms with Crippen LogP contribution >= 0.6 is 11.3 Å². The molecule has 0 atom stereocenters. The summed E-state index contributed by atoms with van der Waals surface area (Å²) >= 11 is 1.58. The molecular weight excluding hydrogens is 223 g/mol. The van der Waals surface area contributed by atoms with Crippen LogP contribution in [0.5, 0.6) is 0 Å². The van der Waals surface area contributed by atoms with Gasteiger partial charge in [-0.05, 0) is 24.3 Å². The Balaban J connectivity index is 2.04. The van der Waals surface area contributed by atoms with Gasteiger partial charge in [0.25, 0.3) is 0 Å². The van der Waals surface area contributed by atoms with Crippen LogP contribution in [0, 0.1) is 5.82 Å². The molecule has 0 amide bonds.